The molecule has 5 heteroatoms. The highest BCUT2D eigenvalue weighted by Gasteiger charge is 2.30. The van der Waals surface area contributed by atoms with Crippen LogP contribution in [0.25, 0.3) is 0 Å². The van der Waals surface area contributed by atoms with Crippen molar-refractivity contribution in [2.24, 2.45) is 0 Å². The molecule has 5 nitrogen and oxygen atoms in total. The Balaban J connectivity index is 2.39. The molecule has 1 heterocycles. The number of carbonyl (C=O) groups is 2. The molecule has 0 radical (unpaired) electrons. The highest BCUT2D eigenvalue weighted by Crippen LogP contribution is 2.32. The smallest absolute Gasteiger partial charge is 0.329 e. The zero-order chi connectivity index (χ0) is 12.4. The Hall–Kier alpha value is -2.30. The first-order valence-electron chi connectivity index (χ1n) is 5.16. The average Bonchev–Trinajstić information content (AvgIpc) is 2.61. The van der Waals surface area contributed by atoms with Gasteiger partial charge in [-0.15, -0.1) is 6.58 Å². The number of amides is 3. The van der Waals surface area contributed by atoms with Crippen LogP contribution in [0.5, 0.6) is 5.75 Å². The zero-order valence-corrected chi connectivity index (χ0v) is 9.14. The van der Waals surface area contributed by atoms with Crippen LogP contribution < -0.4 is 10.2 Å². The predicted molar refractivity (Wildman–Crippen MR) is 62.9 cm³/mol. The summed E-state index contributed by atoms with van der Waals surface area (Å²) in [6.07, 6.45) is 2.16. The van der Waals surface area contributed by atoms with E-state index in [0.29, 0.717) is 17.7 Å². The minimum atomic E-state index is -0.513. The van der Waals surface area contributed by atoms with E-state index >= 15 is 0 Å². The van der Waals surface area contributed by atoms with E-state index in [-0.39, 0.29) is 18.2 Å². The minimum absolute atomic E-state index is 0.0113. The number of urea groups is 1. The largest absolute Gasteiger partial charge is 0.505 e. The van der Waals surface area contributed by atoms with E-state index in [1.54, 1.807) is 24.3 Å². The fraction of sp³-hybridized carbons (Fsp3) is 0.167. The molecule has 17 heavy (non-hydrogen) atoms. The molecule has 3 amide bonds. The van der Waals surface area contributed by atoms with E-state index in [2.05, 4.69) is 11.9 Å². The quantitative estimate of drug-likeness (QED) is 0.607. The number of carbonyl (C=O) groups excluding carboxylic acids is 2. The Labute approximate surface area is 98.4 Å². The van der Waals surface area contributed by atoms with Crippen LogP contribution in [0.4, 0.5) is 10.5 Å². The van der Waals surface area contributed by atoms with Crippen molar-refractivity contribution in [2.45, 2.75) is 6.42 Å². The van der Waals surface area contributed by atoms with Gasteiger partial charge in [0.05, 0.1) is 5.69 Å². The van der Waals surface area contributed by atoms with E-state index in [0.717, 1.165) is 0 Å². The van der Waals surface area contributed by atoms with Crippen molar-refractivity contribution in [3.8, 4) is 5.75 Å². The van der Waals surface area contributed by atoms with Crippen molar-refractivity contribution in [2.75, 3.05) is 11.4 Å². The third kappa shape index (κ3) is 1.99. The summed E-state index contributed by atoms with van der Waals surface area (Å²) < 4.78 is 0. The lowest BCUT2D eigenvalue weighted by molar-refractivity contribution is -0.117. The number of hydrogen-bond donors (Lipinski definition) is 2. The van der Waals surface area contributed by atoms with Crippen LogP contribution in [0, 0.1) is 0 Å². The second kappa shape index (κ2) is 4.29. The maximum absolute atomic E-state index is 11.5. The minimum Gasteiger partial charge on any atom is -0.505 e. The van der Waals surface area contributed by atoms with Gasteiger partial charge < -0.3 is 5.11 Å². The van der Waals surface area contributed by atoms with Gasteiger partial charge in [-0.05, 0) is 18.1 Å². The van der Waals surface area contributed by atoms with Crippen molar-refractivity contribution >= 4 is 17.6 Å². The first-order chi connectivity index (χ1) is 8.13. The number of benzene rings is 1. The van der Waals surface area contributed by atoms with Crippen LogP contribution >= 0.6 is 0 Å². The van der Waals surface area contributed by atoms with Crippen LogP contribution in [-0.2, 0) is 11.2 Å². The summed E-state index contributed by atoms with van der Waals surface area (Å²) in [5, 5.41) is 12.2. The summed E-state index contributed by atoms with van der Waals surface area (Å²) in [5.74, 6) is -0.360. The van der Waals surface area contributed by atoms with Crippen LogP contribution in [-0.4, -0.2) is 23.6 Å². The number of para-hydroxylation sites is 1. The van der Waals surface area contributed by atoms with Crippen LogP contribution in [0.1, 0.15) is 5.56 Å². The number of imide groups is 1. The molecule has 0 unspecified atom stereocenters. The molecule has 1 fully saturated rings. The Morgan fingerprint density at radius 2 is 2.24 bits per heavy atom. The Morgan fingerprint density at radius 1 is 1.47 bits per heavy atom. The van der Waals surface area contributed by atoms with Crippen LogP contribution in [0.2, 0.25) is 0 Å². The summed E-state index contributed by atoms with van der Waals surface area (Å²) >= 11 is 0. The Bertz CT molecular complexity index is 497. The second-order valence-corrected chi connectivity index (χ2v) is 3.72. The molecule has 0 spiro atoms. The van der Waals surface area contributed by atoms with Gasteiger partial charge in [-0.1, -0.05) is 18.2 Å². The zero-order valence-electron chi connectivity index (χ0n) is 9.14. The van der Waals surface area contributed by atoms with Crippen LogP contribution in [0.3, 0.4) is 0 Å². The monoisotopic (exact) mass is 232 g/mol. The van der Waals surface area contributed by atoms with Gasteiger partial charge in [-0.3, -0.25) is 15.0 Å². The predicted octanol–water partition coefficient (Wildman–Crippen LogP) is 1.18. The number of phenols is 1. The number of nitrogens with one attached hydrogen (secondary N) is 1. The van der Waals surface area contributed by atoms with Gasteiger partial charge in [-0.25, -0.2) is 4.79 Å². The topological polar surface area (TPSA) is 69.6 Å². The van der Waals surface area contributed by atoms with E-state index in [9.17, 15) is 14.7 Å². The van der Waals surface area contributed by atoms with Crippen molar-refractivity contribution in [3.63, 3.8) is 0 Å². The molecule has 1 saturated heterocycles. The first-order valence-corrected chi connectivity index (χ1v) is 5.16. The van der Waals surface area contributed by atoms with Crippen LogP contribution in [0.15, 0.2) is 30.9 Å². The third-order valence-electron chi connectivity index (χ3n) is 2.55. The molecule has 0 saturated carbocycles. The van der Waals surface area contributed by atoms with Crippen molar-refractivity contribution in [1.29, 1.82) is 0 Å². The molecule has 0 aromatic heterocycles. The summed E-state index contributed by atoms with van der Waals surface area (Å²) in [5.41, 5.74) is 1.01. The van der Waals surface area contributed by atoms with E-state index < -0.39 is 6.03 Å². The van der Waals surface area contributed by atoms with E-state index in [1.165, 1.54) is 4.90 Å². The van der Waals surface area contributed by atoms with Crippen molar-refractivity contribution in [1.82, 2.24) is 5.32 Å². The van der Waals surface area contributed by atoms with Gasteiger partial charge in [0.15, 0.2) is 0 Å². The number of allylic oxidation sites excluding steroid dienone is 1. The summed E-state index contributed by atoms with van der Waals surface area (Å²) in [4.78, 5) is 23.8. The van der Waals surface area contributed by atoms with Crippen molar-refractivity contribution < 1.29 is 14.7 Å². The Kier molecular flexibility index (Phi) is 2.82. The number of aromatic hydroxyl groups is 1. The third-order valence-corrected chi connectivity index (χ3v) is 2.55. The van der Waals surface area contributed by atoms with Crippen molar-refractivity contribution in [3.05, 3.63) is 36.4 Å². The van der Waals surface area contributed by atoms with Gasteiger partial charge in [0.1, 0.15) is 12.3 Å². The molecule has 88 valence electrons. The lowest BCUT2D eigenvalue weighted by atomic mass is 10.1. The van der Waals surface area contributed by atoms with E-state index in [4.69, 9.17) is 0 Å². The maximum atomic E-state index is 11.5. The summed E-state index contributed by atoms with van der Waals surface area (Å²) in [6.45, 7) is 3.53. The molecule has 0 bridgehead atoms. The van der Waals surface area contributed by atoms with Gasteiger partial charge in [0, 0.05) is 0 Å². The highest BCUT2D eigenvalue weighted by atomic mass is 16.3. The molecule has 1 aromatic carbocycles. The molecule has 1 aliphatic rings. The normalized spacial score (nSPS) is 14.9. The standard InChI is InChI=1S/C12H12N2O3/c1-2-4-8-5-3-6-9(11(8)16)14-7-10(15)13-12(14)17/h2-3,5-6,16H,1,4,7H2,(H,13,15,17). The second-order valence-electron chi connectivity index (χ2n) is 3.72. The van der Waals surface area contributed by atoms with Gasteiger partial charge in [0.25, 0.3) is 0 Å². The SMILES string of the molecule is C=CCc1cccc(N2CC(=O)NC2=O)c1O. The molecule has 1 aliphatic heterocycles. The fourth-order valence-electron chi connectivity index (χ4n) is 1.75. The average molecular weight is 232 g/mol. The number of phenolic OH excluding ortho intramolecular Hbond substituents is 1. The maximum Gasteiger partial charge on any atom is 0.329 e. The molecule has 0 aliphatic carbocycles. The Morgan fingerprint density at radius 3 is 2.82 bits per heavy atom. The first kappa shape index (κ1) is 11.2. The summed E-state index contributed by atoms with van der Waals surface area (Å²) in [6, 6.07) is 4.56. The lowest BCUT2D eigenvalue weighted by Gasteiger charge is -2.16. The van der Waals surface area contributed by atoms with E-state index in [1.807, 2.05) is 0 Å². The fourth-order valence-corrected chi connectivity index (χ4v) is 1.75. The molecule has 2 N–H and O–H groups in total. The molecule has 1 aromatic rings. The van der Waals surface area contributed by atoms with Gasteiger partial charge >= 0.3 is 6.03 Å². The summed E-state index contributed by atoms with van der Waals surface area (Å²) in [7, 11) is 0. The van der Waals surface area contributed by atoms with Gasteiger partial charge in [0.2, 0.25) is 5.91 Å². The lowest BCUT2D eigenvalue weighted by Crippen LogP contribution is -2.28. The number of nitrogens with zero attached hydrogens (tertiary/aromatic N) is 1. The number of rotatable bonds is 3. The highest BCUT2D eigenvalue weighted by molar-refractivity contribution is 6.12. The number of anilines is 1. The molecule has 0 atom stereocenters. The molecular weight excluding hydrogens is 220 g/mol. The molecule has 2 rings (SSSR count). The number of hydrogen-bond acceptors (Lipinski definition) is 3. The molecular formula is C12H12N2O3. The van der Waals surface area contributed by atoms with Gasteiger partial charge in [-0.2, -0.15) is 0 Å².